The molecule has 1 N–H and O–H groups in total. The van der Waals surface area contributed by atoms with Crippen LogP contribution in [0.15, 0.2) is 119 Å². The van der Waals surface area contributed by atoms with Crippen molar-refractivity contribution < 1.29 is 4.42 Å². The van der Waals surface area contributed by atoms with Crippen LogP contribution in [0.25, 0.3) is 28.2 Å². The van der Waals surface area contributed by atoms with Crippen molar-refractivity contribution in [2.24, 2.45) is 0 Å². The SMILES string of the molecule is C1=C(N(c2ccccc2)c2ccc(-c3ccccc3)cc2)NCc2oc3ccccc3c21. The van der Waals surface area contributed by atoms with Crippen LogP contribution in [0.4, 0.5) is 11.4 Å². The zero-order chi connectivity index (χ0) is 21.3. The van der Waals surface area contributed by atoms with Crippen LogP contribution < -0.4 is 10.2 Å². The third-order valence-corrected chi connectivity index (χ3v) is 5.91. The summed E-state index contributed by atoms with van der Waals surface area (Å²) >= 11 is 0. The standard InChI is InChI=1S/C29H22N2O/c1-3-9-21(10-4-1)22-15-17-24(18-16-22)31(23-11-5-2-6-12-23)29-19-26-25-13-7-8-14-27(25)32-28(26)20-30-29/h1-19,30H,20H2. The fourth-order valence-electron chi connectivity index (χ4n) is 4.35. The largest absolute Gasteiger partial charge is 0.459 e. The maximum Gasteiger partial charge on any atom is 0.135 e. The first-order valence-electron chi connectivity index (χ1n) is 10.8. The third kappa shape index (κ3) is 3.25. The fourth-order valence-corrected chi connectivity index (χ4v) is 4.35. The van der Waals surface area contributed by atoms with Gasteiger partial charge in [0.15, 0.2) is 0 Å². The predicted molar refractivity (Wildman–Crippen MR) is 131 cm³/mol. The Balaban J connectivity index is 1.45. The van der Waals surface area contributed by atoms with Gasteiger partial charge in [0.2, 0.25) is 0 Å². The van der Waals surface area contributed by atoms with Gasteiger partial charge in [0.25, 0.3) is 0 Å². The average molecular weight is 415 g/mol. The van der Waals surface area contributed by atoms with Crippen molar-refractivity contribution in [3.63, 3.8) is 0 Å². The van der Waals surface area contributed by atoms with Crippen molar-refractivity contribution in [1.82, 2.24) is 5.32 Å². The molecule has 154 valence electrons. The molecule has 6 rings (SSSR count). The first kappa shape index (κ1) is 18.5. The van der Waals surface area contributed by atoms with Gasteiger partial charge in [0.05, 0.1) is 6.54 Å². The monoisotopic (exact) mass is 414 g/mol. The molecule has 0 radical (unpaired) electrons. The van der Waals surface area contributed by atoms with E-state index >= 15 is 0 Å². The van der Waals surface area contributed by atoms with Crippen LogP contribution in [0.5, 0.6) is 0 Å². The molecule has 4 aromatic carbocycles. The summed E-state index contributed by atoms with van der Waals surface area (Å²) in [6, 6.07) is 37.9. The lowest BCUT2D eigenvalue weighted by Crippen LogP contribution is -2.29. The molecule has 32 heavy (non-hydrogen) atoms. The molecule has 0 fully saturated rings. The van der Waals surface area contributed by atoms with Crippen molar-refractivity contribution in [2.75, 3.05) is 4.90 Å². The van der Waals surface area contributed by atoms with Gasteiger partial charge in [-0.2, -0.15) is 0 Å². The molecule has 1 aliphatic rings. The number of para-hydroxylation sites is 2. The van der Waals surface area contributed by atoms with E-state index < -0.39 is 0 Å². The molecule has 0 unspecified atom stereocenters. The molecule has 5 aromatic rings. The molecule has 0 saturated heterocycles. The van der Waals surface area contributed by atoms with E-state index in [4.69, 9.17) is 4.42 Å². The van der Waals surface area contributed by atoms with E-state index in [2.05, 4.69) is 101 Å². The molecule has 2 heterocycles. The molecular formula is C29H22N2O. The van der Waals surface area contributed by atoms with Crippen LogP contribution in [0.2, 0.25) is 0 Å². The van der Waals surface area contributed by atoms with Crippen LogP contribution in [0, 0.1) is 0 Å². The summed E-state index contributed by atoms with van der Waals surface area (Å²) in [4.78, 5) is 2.26. The van der Waals surface area contributed by atoms with Gasteiger partial charge >= 0.3 is 0 Å². The summed E-state index contributed by atoms with van der Waals surface area (Å²) < 4.78 is 6.07. The minimum atomic E-state index is 0.654. The van der Waals surface area contributed by atoms with E-state index in [0.717, 1.165) is 39.5 Å². The second-order valence-electron chi connectivity index (χ2n) is 7.90. The summed E-state index contributed by atoms with van der Waals surface area (Å²) in [6.45, 7) is 0.654. The number of anilines is 2. The minimum absolute atomic E-state index is 0.654. The van der Waals surface area contributed by atoms with E-state index in [0.29, 0.717) is 6.54 Å². The fraction of sp³-hybridized carbons (Fsp3) is 0.0345. The summed E-state index contributed by atoms with van der Waals surface area (Å²) in [5.41, 5.74) is 6.71. The second-order valence-corrected chi connectivity index (χ2v) is 7.90. The lowest BCUT2D eigenvalue weighted by Gasteiger charge is -2.30. The smallest absolute Gasteiger partial charge is 0.135 e. The zero-order valence-electron chi connectivity index (χ0n) is 17.5. The Hall–Kier alpha value is -4.24. The van der Waals surface area contributed by atoms with E-state index in [-0.39, 0.29) is 0 Å². The van der Waals surface area contributed by atoms with Gasteiger partial charge in [-0.1, -0.05) is 78.9 Å². The van der Waals surface area contributed by atoms with Crippen LogP contribution >= 0.6 is 0 Å². The molecule has 1 aromatic heterocycles. The minimum Gasteiger partial charge on any atom is -0.459 e. The van der Waals surface area contributed by atoms with Crippen molar-refractivity contribution in [2.45, 2.75) is 6.54 Å². The average Bonchev–Trinajstić information content (AvgIpc) is 3.24. The normalized spacial score (nSPS) is 12.7. The van der Waals surface area contributed by atoms with Crippen molar-refractivity contribution in [3.8, 4) is 11.1 Å². The highest BCUT2D eigenvalue weighted by Gasteiger charge is 2.22. The molecule has 0 saturated carbocycles. The van der Waals surface area contributed by atoms with Crippen molar-refractivity contribution in [3.05, 3.63) is 126 Å². The lowest BCUT2D eigenvalue weighted by molar-refractivity contribution is 0.525. The van der Waals surface area contributed by atoms with Crippen molar-refractivity contribution >= 4 is 28.4 Å². The van der Waals surface area contributed by atoms with Crippen molar-refractivity contribution in [1.29, 1.82) is 0 Å². The Morgan fingerprint density at radius 2 is 1.25 bits per heavy atom. The highest BCUT2D eigenvalue weighted by atomic mass is 16.3. The van der Waals surface area contributed by atoms with Crippen LogP contribution in [0.3, 0.4) is 0 Å². The Kier molecular flexibility index (Phi) is 4.51. The number of fused-ring (bicyclic) bond motifs is 3. The predicted octanol–water partition coefficient (Wildman–Crippen LogP) is 7.34. The van der Waals surface area contributed by atoms with Gasteiger partial charge in [0.1, 0.15) is 17.2 Å². The summed E-state index contributed by atoms with van der Waals surface area (Å²) in [5.74, 6) is 2.00. The molecule has 0 aliphatic carbocycles. The number of nitrogens with zero attached hydrogens (tertiary/aromatic N) is 1. The summed E-state index contributed by atoms with van der Waals surface area (Å²) in [6.07, 6.45) is 2.20. The first-order chi connectivity index (χ1) is 15.9. The molecule has 3 nitrogen and oxygen atoms in total. The Labute approximate surface area is 187 Å². The highest BCUT2D eigenvalue weighted by molar-refractivity contribution is 5.90. The van der Waals surface area contributed by atoms with E-state index in [9.17, 15) is 0 Å². The molecule has 0 spiro atoms. The van der Waals surface area contributed by atoms with Gasteiger partial charge in [-0.15, -0.1) is 0 Å². The van der Waals surface area contributed by atoms with E-state index in [1.165, 1.54) is 11.1 Å². The Morgan fingerprint density at radius 3 is 2.03 bits per heavy atom. The van der Waals surface area contributed by atoms with Crippen LogP contribution in [-0.2, 0) is 6.54 Å². The van der Waals surface area contributed by atoms with Gasteiger partial charge in [-0.25, -0.2) is 0 Å². The summed E-state index contributed by atoms with van der Waals surface area (Å²) in [5, 5.41) is 4.72. The Morgan fingerprint density at radius 1 is 0.625 bits per heavy atom. The highest BCUT2D eigenvalue weighted by Crippen LogP contribution is 2.36. The first-order valence-corrected chi connectivity index (χ1v) is 10.8. The molecular weight excluding hydrogens is 392 g/mol. The van der Waals surface area contributed by atoms with Crippen LogP contribution in [0.1, 0.15) is 11.3 Å². The number of hydrogen-bond acceptors (Lipinski definition) is 3. The Bertz CT molecular complexity index is 1400. The third-order valence-electron chi connectivity index (χ3n) is 5.91. The summed E-state index contributed by atoms with van der Waals surface area (Å²) in [7, 11) is 0. The number of nitrogens with one attached hydrogen (secondary N) is 1. The molecule has 0 amide bonds. The number of benzene rings is 4. The van der Waals surface area contributed by atoms with Gasteiger partial charge in [-0.3, -0.25) is 4.90 Å². The topological polar surface area (TPSA) is 28.4 Å². The number of rotatable bonds is 4. The lowest BCUT2D eigenvalue weighted by atomic mass is 10.0. The maximum atomic E-state index is 6.07. The number of hydrogen-bond donors (Lipinski definition) is 1. The van der Waals surface area contributed by atoms with Crippen LogP contribution in [-0.4, -0.2) is 0 Å². The van der Waals surface area contributed by atoms with Gasteiger partial charge in [0, 0.05) is 22.3 Å². The second kappa shape index (κ2) is 7.78. The molecule has 3 heteroatoms. The zero-order valence-corrected chi connectivity index (χ0v) is 17.5. The molecule has 1 aliphatic heterocycles. The number of furan rings is 1. The molecule has 0 atom stereocenters. The molecule has 0 bridgehead atoms. The van der Waals surface area contributed by atoms with Gasteiger partial charge in [-0.05, 0) is 47.5 Å². The van der Waals surface area contributed by atoms with Gasteiger partial charge < -0.3 is 9.73 Å². The quantitative estimate of drug-likeness (QED) is 0.333. The maximum absolute atomic E-state index is 6.07. The van der Waals surface area contributed by atoms with E-state index in [1.807, 2.05) is 24.3 Å². The van der Waals surface area contributed by atoms with E-state index in [1.54, 1.807) is 0 Å².